The number of anilines is 1. The van der Waals surface area contributed by atoms with Gasteiger partial charge in [0.15, 0.2) is 11.5 Å². The van der Waals surface area contributed by atoms with Gasteiger partial charge in [-0.2, -0.15) is 0 Å². The van der Waals surface area contributed by atoms with Crippen LogP contribution in [0.5, 0.6) is 11.5 Å². The van der Waals surface area contributed by atoms with E-state index in [1.54, 1.807) is 43.4 Å². The Kier molecular flexibility index (Phi) is 7.60. The number of rotatable bonds is 8. The summed E-state index contributed by atoms with van der Waals surface area (Å²) in [7, 11) is -2.77. The standard InChI is InChI=1S/C28H25N5O6S/c1-33(21-11-12-24-25(14-21)39-18-38-24)27(34)23(13-19-7-3-2-4-8-19)31-28(35)32-40(36,37)26-10-6-5-9-22(26)20-15-29-17-30-16-20/h2-12,14-17,23H,13,18H2,1H3,(H2,31,32,35)/t23-/m0/s1. The molecule has 1 aromatic heterocycles. The predicted molar refractivity (Wildman–Crippen MR) is 146 cm³/mol. The normalized spacial score (nSPS) is 12.8. The summed E-state index contributed by atoms with van der Waals surface area (Å²) in [6, 6.07) is 18.2. The van der Waals surface area contributed by atoms with Gasteiger partial charge in [-0.3, -0.25) is 4.79 Å². The molecule has 0 fully saturated rings. The fraction of sp³-hybridized carbons (Fsp3) is 0.143. The Balaban J connectivity index is 1.38. The van der Waals surface area contributed by atoms with E-state index in [4.69, 9.17) is 9.47 Å². The number of fused-ring (bicyclic) bond motifs is 1. The molecular formula is C28H25N5O6S. The Bertz CT molecular complexity index is 1630. The number of hydrogen-bond acceptors (Lipinski definition) is 8. The summed E-state index contributed by atoms with van der Waals surface area (Å²) in [4.78, 5) is 35.8. The van der Waals surface area contributed by atoms with E-state index in [0.717, 1.165) is 5.56 Å². The van der Waals surface area contributed by atoms with Crippen molar-refractivity contribution < 1.29 is 27.5 Å². The highest BCUT2D eigenvalue weighted by atomic mass is 32.2. The van der Waals surface area contributed by atoms with Crippen LogP contribution in [-0.4, -0.2) is 50.2 Å². The van der Waals surface area contributed by atoms with E-state index in [-0.39, 0.29) is 18.1 Å². The largest absolute Gasteiger partial charge is 0.454 e. The molecule has 0 spiro atoms. The molecule has 5 rings (SSSR count). The molecule has 3 amide bonds. The molecular weight excluding hydrogens is 534 g/mol. The summed E-state index contributed by atoms with van der Waals surface area (Å²) in [6.45, 7) is 0.0870. The van der Waals surface area contributed by atoms with Crippen LogP contribution in [0.15, 0.2) is 96.4 Å². The summed E-state index contributed by atoms with van der Waals surface area (Å²) >= 11 is 0. The molecule has 11 nitrogen and oxygen atoms in total. The molecule has 0 unspecified atom stereocenters. The fourth-order valence-electron chi connectivity index (χ4n) is 4.25. The van der Waals surface area contributed by atoms with Crippen molar-refractivity contribution in [3.63, 3.8) is 0 Å². The molecule has 1 aliphatic heterocycles. The van der Waals surface area contributed by atoms with Crippen LogP contribution in [-0.2, 0) is 21.2 Å². The number of urea groups is 1. The number of carbonyl (C=O) groups is 2. The fourth-order valence-corrected chi connectivity index (χ4v) is 5.39. The summed E-state index contributed by atoms with van der Waals surface area (Å²) in [5.74, 6) is 0.601. The molecule has 2 N–H and O–H groups in total. The Morgan fingerprint density at radius 3 is 2.42 bits per heavy atom. The topological polar surface area (TPSA) is 140 Å². The van der Waals surface area contributed by atoms with Crippen molar-refractivity contribution in [2.45, 2.75) is 17.4 Å². The van der Waals surface area contributed by atoms with Crippen molar-refractivity contribution in [1.29, 1.82) is 0 Å². The van der Waals surface area contributed by atoms with Gasteiger partial charge in [-0.25, -0.2) is 27.9 Å². The minimum Gasteiger partial charge on any atom is -0.454 e. The number of aromatic nitrogens is 2. The van der Waals surface area contributed by atoms with Crippen molar-refractivity contribution in [2.75, 3.05) is 18.7 Å². The van der Waals surface area contributed by atoms with E-state index >= 15 is 0 Å². The number of benzene rings is 3. The molecule has 204 valence electrons. The molecule has 0 radical (unpaired) electrons. The van der Waals surface area contributed by atoms with Gasteiger partial charge in [0.1, 0.15) is 12.4 Å². The highest BCUT2D eigenvalue weighted by molar-refractivity contribution is 7.90. The minimum absolute atomic E-state index is 0.0870. The van der Waals surface area contributed by atoms with Crippen LogP contribution in [0.3, 0.4) is 0 Å². The first-order valence-electron chi connectivity index (χ1n) is 12.2. The van der Waals surface area contributed by atoms with Crippen LogP contribution in [0, 0.1) is 0 Å². The molecule has 0 saturated heterocycles. The summed E-state index contributed by atoms with van der Waals surface area (Å²) in [6.07, 6.45) is 4.40. The van der Waals surface area contributed by atoms with Crippen molar-refractivity contribution in [3.05, 3.63) is 97.1 Å². The number of hydrogen-bond donors (Lipinski definition) is 2. The molecule has 3 aromatic carbocycles. The monoisotopic (exact) mass is 559 g/mol. The van der Waals surface area contributed by atoms with Gasteiger partial charge in [-0.05, 0) is 23.8 Å². The lowest BCUT2D eigenvalue weighted by Crippen LogP contribution is -2.52. The first-order chi connectivity index (χ1) is 19.3. The van der Waals surface area contributed by atoms with Gasteiger partial charge in [0.25, 0.3) is 10.0 Å². The number of nitrogens with one attached hydrogen (secondary N) is 2. The highest BCUT2D eigenvalue weighted by Gasteiger charge is 2.29. The van der Waals surface area contributed by atoms with Crippen molar-refractivity contribution in [1.82, 2.24) is 20.0 Å². The molecule has 0 aliphatic carbocycles. The van der Waals surface area contributed by atoms with Crippen LogP contribution in [0.4, 0.5) is 10.5 Å². The van der Waals surface area contributed by atoms with Crippen LogP contribution < -0.4 is 24.4 Å². The average molecular weight is 560 g/mol. The Hall–Kier alpha value is -4.97. The van der Waals surface area contributed by atoms with Crippen molar-refractivity contribution >= 4 is 27.6 Å². The van der Waals surface area contributed by atoms with Crippen LogP contribution in [0.25, 0.3) is 11.1 Å². The van der Waals surface area contributed by atoms with E-state index in [1.165, 1.54) is 29.7 Å². The molecule has 4 aromatic rings. The minimum atomic E-state index is -4.33. The van der Waals surface area contributed by atoms with E-state index in [9.17, 15) is 18.0 Å². The first kappa shape index (κ1) is 26.6. The van der Waals surface area contributed by atoms with Crippen LogP contribution in [0.2, 0.25) is 0 Å². The molecule has 12 heteroatoms. The Morgan fingerprint density at radius 1 is 0.950 bits per heavy atom. The number of nitrogens with zero attached hydrogens (tertiary/aromatic N) is 3. The van der Waals surface area contributed by atoms with E-state index in [1.807, 2.05) is 35.1 Å². The molecule has 0 bridgehead atoms. The third kappa shape index (κ3) is 5.86. The van der Waals surface area contributed by atoms with Gasteiger partial charge in [-0.15, -0.1) is 0 Å². The number of likely N-dealkylation sites (N-methyl/N-ethyl adjacent to an activating group) is 1. The van der Waals surface area contributed by atoms with E-state index in [2.05, 4.69) is 15.3 Å². The van der Waals surface area contributed by atoms with Crippen LogP contribution in [0.1, 0.15) is 5.56 Å². The summed E-state index contributed by atoms with van der Waals surface area (Å²) < 4.78 is 39.3. The maximum Gasteiger partial charge on any atom is 0.329 e. The SMILES string of the molecule is CN(C(=O)[C@H](Cc1ccccc1)NC(=O)NS(=O)(=O)c1ccccc1-c1cncnc1)c1ccc2c(c1)OCO2. The zero-order valence-electron chi connectivity index (χ0n) is 21.4. The van der Waals surface area contributed by atoms with Gasteiger partial charge in [0, 0.05) is 48.7 Å². The zero-order valence-corrected chi connectivity index (χ0v) is 22.2. The van der Waals surface area contributed by atoms with Crippen molar-refractivity contribution in [2.24, 2.45) is 0 Å². The zero-order chi connectivity index (χ0) is 28.1. The number of amides is 3. The van der Waals surface area contributed by atoms with Gasteiger partial charge in [0.05, 0.1) is 4.90 Å². The van der Waals surface area contributed by atoms with Crippen LogP contribution >= 0.6 is 0 Å². The average Bonchev–Trinajstić information content (AvgIpc) is 3.45. The van der Waals surface area contributed by atoms with Gasteiger partial charge < -0.3 is 19.7 Å². The number of sulfonamides is 1. The second kappa shape index (κ2) is 11.4. The molecule has 1 aliphatic rings. The van der Waals surface area contributed by atoms with Gasteiger partial charge >= 0.3 is 6.03 Å². The maximum absolute atomic E-state index is 13.6. The van der Waals surface area contributed by atoms with E-state index in [0.29, 0.717) is 28.3 Å². The highest BCUT2D eigenvalue weighted by Crippen LogP contribution is 2.35. The Morgan fingerprint density at radius 2 is 1.65 bits per heavy atom. The number of carbonyl (C=O) groups excluding carboxylic acids is 2. The lowest BCUT2D eigenvalue weighted by molar-refractivity contribution is -0.120. The predicted octanol–water partition coefficient (Wildman–Crippen LogP) is 3.13. The first-order valence-corrected chi connectivity index (χ1v) is 13.7. The lowest BCUT2D eigenvalue weighted by Gasteiger charge is -2.25. The van der Waals surface area contributed by atoms with Gasteiger partial charge in [-0.1, -0.05) is 48.5 Å². The second-order valence-corrected chi connectivity index (χ2v) is 10.5. The third-order valence-electron chi connectivity index (χ3n) is 6.24. The maximum atomic E-state index is 13.6. The smallest absolute Gasteiger partial charge is 0.329 e. The molecule has 40 heavy (non-hydrogen) atoms. The molecule has 1 atom stereocenters. The third-order valence-corrected chi connectivity index (χ3v) is 7.62. The molecule has 2 heterocycles. The molecule has 0 saturated carbocycles. The summed E-state index contributed by atoms with van der Waals surface area (Å²) in [5.41, 5.74) is 2.08. The Labute approximate surface area is 230 Å². The van der Waals surface area contributed by atoms with Gasteiger partial charge in [0.2, 0.25) is 12.7 Å². The van der Waals surface area contributed by atoms with E-state index < -0.39 is 28.0 Å². The number of ether oxygens (including phenoxy) is 2. The summed E-state index contributed by atoms with van der Waals surface area (Å²) in [5, 5.41) is 2.55. The van der Waals surface area contributed by atoms with Crippen molar-refractivity contribution in [3.8, 4) is 22.6 Å². The second-order valence-electron chi connectivity index (χ2n) is 8.88. The quantitative estimate of drug-likeness (QED) is 0.336. The lowest BCUT2D eigenvalue weighted by atomic mass is 10.0.